The Morgan fingerprint density at radius 1 is 1.00 bits per heavy atom. The number of anilines is 1. The molecular formula is C17H15N3O. The summed E-state index contributed by atoms with van der Waals surface area (Å²) in [7, 11) is 0. The summed E-state index contributed by atoms with van der Waals surface area (Å²) in [6, 6.07) is 13.5. The summed E-state index contributed by atoms with van der Waals surface area (Å²) in [5.41, 5.74) is 2.68. The zero-order chi connectivity index (χ0) is 14.5. The number of aromatic nitrogens is 2. The Morgan fingerprint density at radius 3 is 2.67 bits per heavy atom. The quantitative estimate of drug-likeness (QED) is 0.796. The van der Waals surface area contributed by atoms with Crippen LogP contribution in [0.3, 0.4) is 0 Å². The highest BCUT2D eigenvalue weighted by atomic mass is 16.1. The summed E-state index contributed by atoms with van der Waals surface area (Å²) in [5, 5.41) is 3.96. The number of para-hydroxylation sites is 1. The van der Waals surface area contributed by atoms with Crippen molar-refractivity contribution < 1.29 is 4.79 Å². The number of carbonyl (C=O) groups excluding carboxylic acids is 1. The van der Waals surface area contributed by atoms with Crippen molar-refractivity contribution in [3.63, 3.8) is 0 Å². The molecule has 2 aromatic heterocycles. The Morgan fingerprint density at radius 2 is 1.81 bits per heavy atom. The van der Waals surface area contributed by atoms with Gasteiger partial charge in [0.05, 0.1) is 11.2 Å². The van der Waals surface area contributed by atoms with Gasteiger partial charge in [0, 0.05) is 30.4 Å². The van der Waals surface area contributed by atoms with Gasteiger partial charge in [-0.15, -0.1) is 0 Å². The molecule has 4 nitrogen and oxygen atoms in total. The van der Waals surface area contributed by atoms with Gasteiger partial charge in [-0.2, -0.15) is 0 Å². The Kier molecular flexibility index (Phi) is 3.87. The van der Waals surface area contributed by atoms with Gasteiger partial charge in [-0.3, -0.25) is 14.8 Å². The lowest BCUT2D eigenvalue weighted by atomic mass is 10.1. The standard InChI is InChI=1S/C17H15N3O/c21-16(7-6-13-8-11-18-12-9-13)20-15-5-1-3-14-4-2-10-19-17(14)15/h1-5,8-12H,6-7H2,(H,20,21). The van der Waals surface area contributed by atoms with Crippen molar-refractivity contribution >= 4 is 22.5 Å². The highest BCUT2D eigenvalue weighted by Gasteiger charge is 2.06. The Balaban J connectivity index is 1.69. The minimum Gasteiger partial charge on any atom is -0.324 e. The summed E-state index contributed by atoms with van der Waals surface area (Å²) in [6.45, 7) is 0. The molecule has 0 radical (unpaired) electrons. The van der Waals surface area contributed by atoms with E-state index in [0.29, 0.717) is 12.8 Å². The van der Waals surface area contributed by atoms with E-state index >= 15 is 0 Å². The normalized spacial score (nSPS) is 10.5. The number of rotatable bonds is 4. The van der Waals surface area contributed by atoms with E-state index in [1.54, 1.807) is 18.6 Å². The average molecular weight is 277 g/mol. The molecule has 1 amide bonds. The SMILES string of the molecule is O=C(CCc1ccncc1)Nc1cccc2cccnc12. The molecule has 4 heteroatoms. The molecule has 3 aromatic rings. The third kappa shape index (κ3) is 3.23. The van der Waals surface area contributed by atoms with Gasteiger partial charge in [-0.1, -0.05) is 18.2 Å². The van der Waals surface area contributed by atoms with Gasteiger partial charge in [-0.25, -0.2) is 0 Å². The maximum Gasteiger partial charge on any atom is 0.224 e. The van der Waals surface area contributed by atoms with Crippen LogP contribution >= 0.6 is 0 Å². The van der Waals surface area contributed by atoms with Crippen LogP contribution in [-0.2, 0) is 11.2 Å². The van der Waals surface area contributed by atoms with Crippen LogP contribution in [0.1, 0.15) is 12.0 Å². The molecule has 0 atom stereocenters. The first-order chi connectivity index (χ1) is 10.3. The van der Waals surface area contributed by atoms with Gasteiger partial charge >= 0.3 is 0 Å². The smallest absolute Gasteiger partial charge is 0.224 e. The van der Waals surface area contributed by atoms with Crippen LogP contribution in [0.4, 0.5) is 5.69 Å². The molecule has 104 valence electrons. The van der Waals surface area contributed by atoms with Gasteiger partial charge in [0.1, 0.15) is 0 Å². The largest absolute Gasteiger partial charge is 0.324 e. The fourth-order valence-electron chi connectivity index (χ4n) is 2.23. The molecule has 0 saturated carbocycles. The van der Waals surface area contributed by atoms with E-state index in [9.17, 15) is 4.79 Å². The summed E-state index contributed by atoms with van der Waals surface area (Å²) < 4.78 is 0. The van der Waals surface area contributed by atoms with Crippen molar-refractivity contribution in [3.05, 3.63) is 66.6 Å². The van der Waals surface area contributed by atoms with Crippen molar-refractivity contribution in [2.45, 2.75) is 12.8 Å². The Bertz CT molecular complexity index is 751. The van der Waals surface area contributed by atoms with Crippen molar-refractivity contribution in [2.24, 2.45) is 0 Å². The topological polar surface area (TPSA) is 54.9 Å². The Hall–Kier alpha value is -2.75. The van der Waals surface area contributed by atoms with Gasteiger partial charge in [0.2, 0.25) is 5.91 Å². The Labute approximate surface area is 122 Å². The van der Waals surface area contributed by atoms with Crippen molar-refractivity contribution in [1.82, 2.24) is 9.97 Å². The van der Waals surface area contributed by atoms with Crippen LogP contribution in [0, 0.1) is 0 Å². The number of benzene rings is 1. The molecule has 0 aliphatic rings. The van der Waals surface area contributed by atoms with Crippen molar-refractivity contribution in [2.75, 3.05) is 5.32 Å². The lowest BCUT2D eigenvalue weighted by Gasteiger charge is -2.08. The maximum absolute atomic E-state index is 12.1. The number of pyridine rings is 2. The van der Waals surface area contributed by atoms with Crippen LogP contribution in [0.25, 0.3) is 10.9 Å². The summed E-state index contributed by atoms with van der Waals surface area (Å²) >= 11 is 0. The lowest BCUT2D eigenvalue weighted by Crippen LogP contribution is -2.12. The number of carbonyl (C=O) groups is 1. The predicted octanol–water partition coefficient (Wildman–Crippen LogP) is 3.20. The van der Waals surface area contributed by atoms with Crippen LogP contribution < -0.4 is 5.32 Å². The first kappa shape index (κ1) is 13.2. The van der Waals surface area contributed by atoms with Crippen LogP contribution in [0.15, 0.2) is 61.1 Å². The number of fused-ring (bicyclic) bond motifs is 1. The second-order valence-electron chi connectivity index (χ2n) is 4.78. The summed E-state index contributed by atoms with van der Waals surface area (Å²) in [5.74, 6) is -0.00929. The van der Waals surface area contributed by atoms with E-state index in [1.807, 2.05) is 42.5 Å². The van der Waals surface area contributed by atoms with Gasteiger partial charge in [-0.05, 0) is 36.2 Å². The molecule has 0 bridgehead atoms. The number of nitrogens with one attached hydrogen (secondary N) is 1. The van der Waals surface area contributed by atoms with Gasteiger partial charge in [0.25, 0.3) is 0 Å². The molecule has 1 aromatic carbocycles. The fraction of sp³-hybridized carbons (Fsp3) is 0.118. The second-order valence-corrected chi connectivity index (χ2v) is 4.78. The fourth-order valence-corrected chi connectivity index (χ4v) is 2.23. The van der Waals surface area contributed by atoms with E-state index < -0.39 is 0 Å². The molecule has 1 N–H and O–H groups in total. The molecule has 0 aliphatic heterocycles. The van der Waals surface area contributed by atoms with E-state index in [2.05, 4.69) is 15.3 Å². The van der Waals surface area contributed by atoms with Crippen molar-refractivity contribution in [1.29, 1.82) is 0 Å². The van der Waals surface area contributed by atoms with E-state index in [1.165, 1.54) is 0 Å². The highest BCUT2D eigenvalue weighted by Crippen LogP contribution is 2.20. The molecule has 3 rings (SSSR count). The van der Waals surface area contributed by atoms with E-state index in [4.69, 9.17) is 0 Å². The number of hydrogen-bond acceptors (Lipinski definition) is 3. The maximum atomic E-state index is 12.1. The number of aryl methyl sites for hydroxylation is 1. The zero-order valence-corrected chi connectivity index (χ0v) is 11.5. The third-order valence-corrected chi connectivity index (χ3v) is 3.30. The molecule has 0 fully saturated rings. The molecule has 0 saturated heterocycles. The molecule has 2 heterocycles. The first-order valence-electron chi connectivity index (χ1n) is 6.85. The zero-order valence-electron chi connectivity index (χ0n) is 11.5. The number of nitrogens with zero attached hydrogens (tertiary/aromatic N) is 2. The lowest BCUT2D eigenvalue weighted by molar-refractivity contribution is -0.116. The number of hydrogen-bond donors (Lipinski definition) is 1. The monoisotopic (exact) mass is 277 g/mol. The number of amides is 1. The van der Waals surface area contributed by atoms with E-state index in [0.717, 1.165) is 22.2 Å². The molecule has 21 heavy (non-hydrogen) atoms. The van der Waals surface area contributed by atoms with Crippen LogP contribution in [-0.4, -0.2) is 15.9 Å². The van der Waals surface area contributed by atoms with Crippen LogP contribution in [0.2, 0.25) is 0 Å². The van der Waals surface area contributed by atoms with Gasteiger partial charge < -0.3 is 5.32 Å². The highest BCUT2D eigenvalue weighted by molar-refractivity contribution is 6.00. The molecule has 0 unspecified atom stereocenters. The second kappa shape index (κ2) is 6.13. The molecule has 0 spiro atoms. The van der Waals surface area contributed by atoms with Crippen LogP contribution in [0.5, 0.6) is 0 Å². The summed E-state index contributed by atoms with van der Waals surface area (Å²) in [6.07, 6.45) is 6.35. The molecular weight excluding hydrogens is 262 g/mol. The third-order valence-electron chi connectivity index (χ3n) is 3.30. The minimum atomic E-state index is -0.00929. The van der Waals surface area contributed by atoms with E-state index in [-0.39, 0.29) is 5.91 Å². The average Bonchev–Trinajstić information content (AvgIpc) is 2.54. The minimum absolute atomic E-state index is 0.00929. The first-order valence-corrected chi connectivity index (χ1v) is 6.85. The van der Waals surface area contributed by atoms with Crippen molar-refractivity contribution in [3.8, 4) is 0 Å². The van der Waals surface area contributed by atoms with Gasteiger partial charge in [0.15, 0.2) is 0 Å². The molecule has 0 aliphatic carbocycles. The predicted molar refractivity (Wildman–Crippen MR) is 82.9 cm³/mol. The summed E-state index contributed by atoms with van der Waals surface area (Å²) in [4.78, 5) is 20.4.